The van der Waals surface area contributed by atoms with Gasteiger partial charge in [-0.2, -0.15) is 13.2 Å². The predicted octanol–water partition coefficient (Wildman–Crippen LogP) is 0.126. The molecule has 0 spiro atoms. The third kappa shape index (κ3) is 3.07. The molecule has 10 heteroatoms. The van der Waals surface area contributed by atoms with Crippen molar-refractivity contribution >= 4 is 24.5 Å². The van der Waals surface area contributed by atoms with Crippen molar-refractivity contribution in [2.75, 3.05) is 0 Å². The first-order valence-corrected chi connectivity index (χ1v) is 6.18. The zero-order chi connectivity index (χ0) is 16.7. The first kappa shape index (κ1) is 16.3. The number of rotatable bonds is 3. The fourth-order valence-corrected chi connectivity index (χ4v) is 2.05. The number of fused-ring (bicyclic) bond motifs is 1. The lowest BCUT2D eigenvalue weighted by Gasteiger charge is -2.15. The molecule has 1 aliphatic rings. The highest BCUT2D eigenvalue weighted by molar-refractivity contribution is 6.61. The van der Waals surface area contributed by atoms with Crippen molar-refractivity contribution in [1.82, 2.24) is 5.32 Å². The normalized spacial score (nSPS) is 15.4. The Bertz CT molecular complexity index is 634. The molecule has 118 valence electrons. The Morgan fingerprint density at radius 2 is 2.05 bits per heavy atom. The molecule has 0 radical (unpaired) electrons. The van der Waals surface area contributed by atoms with Gasteiger partial charge >= 0.3 is 19.3 Å². The van der Waals surface area contributed by atoms with Crippen molar-refractivity contribution in [2.45, 2.75) is 25.7 Å². The standard InChI is InChI=1S/C12H11BF3NO5/c1-5(11(19)20)17-10(18)6-2-8(12(14,15)16)7-4-22-13(21)9(7)3-6/h2-3,5,21H,4H2,1H3,(H,17,18)(H,19,20). The molecule has 1 amide bonds. The molecule has 1 heterocycles. The van der Waals surface area contributed by atoms with Crippen LogP contribution in [0.5, 0.6) is 0 Å². The highest BCUT2D eigenvalue weighted by Crippen LogP contribution is 2.34. The van der Waals surface area contributed by atoms with Crippen LogP contribution in [0.2, 0.25) is 0 Å². The van der Waals surface area contributed by atoms with Crippen LogP contribution in [0.25, 0.3) is 0 Å². The molecule has 0 saturated carbocycles. The van der Waals surface area contributed by atoms with Crippen LogP contribution in [-0.2, 0) is 22.2 Å². The van der Waals surface area contributed by atoms with Crippen LogP contribution in [0.3, 0.4) is 0 Å². The van der Waals surface area contributed by atoms with Crippen molar-refractivity contribution in [1.29, 1.82) is 0 Å². The van der Waals surface area contributed by atoms with Gasteiger partial charge in [-0.1, -0.05) is 0 Å². The van der Waals surface area contributed by atoms with E-state index in [-0.39, 0.29) is 11.0 Å². The molecule has 3 N–H and O–H groups in total. The summed E-state index contributed by atoms with van der Waals surface area (Å²) in [7, 11) is -1.55. The topological polar surface area (TPSA) is 95.9 Å². The molecule has 1 aromatic rings. The minimum absolute atomic E-state index is 0.150. The number of carboxylic acid groups (broad SMARTS) is 1. The van der Waals surface area contributed by atoms with Gasteiger partial charge in [0.05, 0.1) is 12.2 Å². The number of carbonyl (C=O) groups is 2. The van der Waals surface area contributed by atoms with Crippen LogP contribution in [0, 0.1) is 0 Å². The largest absolute Gasteiger partial charge is 0.491 e. The van der Waals surface area contributed by atoms with Crippen LogP contribution in [0.4, 0.5) is 13.2 Å². The number of nitrogens with one attached hydrogen (secondary N) is 1. The maximum absolute atomic E-state index is 13.0. The molecule has 0 aliphatic carbocycles. The van der Waals surface area contributed by atoms with Gasteiger partial charge in [-0.3, -0.25) is 9.59 Å². The number of benzene rings is 1. The number of carboxylic acids is 1. The third-order valence-electron chi connectivity index (χ3n) is 3.22. The maximum Gasteiger partial charge on any atom is 0.491 e. The van der Waals surface area contributed by atoms with E-state index in [1.54, 1.807) is 0 Å². The summed E-state index contributed by atoms with van der Waals surface area (Å²) in [5.74, 6) is -2.31. The molecular formula is C12H11BF3NO5. The lowest BCUT2D eigenvalue weighted by Crippen LogP contribution is -2.39. The van der Waals surface area contributed by atoms with E-state index in [1.807, 2.05) is 0 Å². The van der Waals surface area contributed by atoms with Crippen molar-refractivity contribution in [3.05, 3.63) is 28.8 Å². The summed E-state index contributed by atoms with van der Waals surface area (Å²) in [6, 6.07) is 0.410. The number of aliphatic carboxylic acids is 1. The van der Waals surface area contributed by atoms with E-state index in [2.05, 4.69) is 5.32 Å². The van der Waals surface area contributed by atoms with E-state index in [0.717, 1.165) is 6.07 Å². The van der Waals surface area contributed by atoms with Crippen molar-refractivity contribution in [3.8, 4) is 0 Å². The Kier molecular flexibility index (Phi) is 4.16. The zero-order valence-electron chi connectivity index (χ0n) is 11.3. The van der Waals surface area contributed by atoms with Crippen LogP contribution in [-0.4, -0.2) is 35.2 Å². The summed E-state index contributed by atoms with van der Waals surface area (Å²) >= 11 is 0. The number of amides is 1. The molecule has 22 heavy (non-hydrogen) atoms. The van der Waals surface area contributed by atoms with Crippen LogP contribution in [0.15, 0.2) is 12.1 Å². The molecular weight excluding hydrogens is 306 g/mol. The van der Waals surface area contributed by atoms with E-state index in [4.69, 9.17) is 9.76 Å². The Morgan fingerprint density at radius 3 is 2.59 bits per heavy atom. The number of carbonyl (C=O) groups excluding carboxylic acids is 1. The van der Waals surface area contributed by atoms with Crippen LogP contribution in [0.1, 0.15) is 28.4 Å². The second-order valence-electron chi connectivity index (χ2n) is 4.79. The Morgan fingerprint density at radius 1 is 1.41 bits per heavy atom. The van der Waals surface area contributed by atoms with Crippen LogP contribution >= 0.6 is 0 Å². The van der Waals surface area contributed by atoms with Crippen molar-refractivity contribution in [2.24, 2.45) is 0 Å². The molecule has 1 aromatic carbocycles. The lowest BCUT2D eigenvalue weighted by molar-refractivity contribution is -0.139. The zero-order valence-corrected chi connectivity index (χ0v) is 11.3. The van der Waals surface area contributed by atoms with Gasteiger partial charge in [0, 0.05) is 5.56 Å². The Balaban J connectivity index is 2.44. The van der Waals surface area contributed by atoms with Gasteiger partial charge < -0.3 is 20.1 Å². The summed E-state index contributed by atoms with van der Waals surface area (Å²) in [4.78, 5) is 22.6. The second kappa shape index (κ2) is 5.62. The minimum atomic E-state index is -4.73. The smallest absolute Gasteiger partial charge is 0.480 e. The molecule has 0 saturated heterocycles. The minimum Gasteiger partial charge on any atom is -0.480 e. The average molecular weight is 317 g/mol. The van der Waals surface area contributed by atoms with E-state index in [1.165, 1.54) is 6.92 Å². The number of alkyl halides is 3. The number of halogens is 3. The van der Waals surface area contributed by atoms with E-state index < -0.39 is 48.9 Å². The summed E-state index contributed by atoms with van der Waals surface area (Å²) in [5, 5.41) is 20.3. The fourth-order valence-electron chi connectivity index (χ4n) is 2.05. The highest BCUT2D eigenvalue weighted by atomic mass is 19.4. The summed E-state index contributed by atoms with van der Waals surface area (Å²) in [5.41, 5.74) is -1.87. The summed E-state index contributed by atoms with van der Waals surface area (Å²) in [6.45, 7) is 0.759. The van der Waals surface area contributed by atoms with Crippen LogP contribution < -0.4 is 10.8 Å². The van der Waals surface area contributed by atoms with E-state index >= 15 is 0 Å². The Labute approximate surface area is 123 Å². The fraction of sp³-hybridized carbons (Fsp3) is 0.333. The van der Waals surface area contributed by atoms with Gasteiger partial charge in [0.15, 0.2) is 0 Å². The lowest BCUT2D eigenvalue weighted by atomic mass is 9.77. The first-order valence-electron chi connectivity index (χ1n) is 6.18. The molecule has 0 bridgehead atoms. The van der Waals surface area contributed by atoms with E-state index in [0.29, 0.717) is 6.07 Å². The second-order valence-corrected chi connectivity index (χ2v) is 4.79. The molecule has 2 rings (SSSR count). The first-order chi connectivity index (χ1) is 10.1. The van der Waals surface area contributed by atoms with Gasteiger partial charge in [0.25, 0.3) is 5.91 Å². The maximum atomic E-state index is 13.0. The van der Waals surface area contributed by atoms with Gasteiger partial charge in [-0.25, -0.2) is 0 Å². The number of hydrogen-bond donors (Lipinski definition) is 3. The van der Waals surface area contributed by atoms with Gasteiger partial charge in [-0.15, -0.1) is 0 Å². The third-order valence-corrected chi connectivity index (χ3v) is 3.22. The molecule has 1 unspecified atom stereocenters. The van der Waals surface area contributed by atoms with Gasteiger partial charge in [-0.05, 0) is 30.1 Å². The monoisotopic (exact) mass is 317 g/mol. The van der Waals surface area contributed by atoms with Crippen molar-refractivity contribution in [3.63, 3.8) is 0 Å². The summed E-state index contributed by atoms with van der Waals surface area (Å²) in [6.07, 6.45) is -4.73. The van der Waals surface area contributed by atoms with Crippen molar-refractivity contribution < 1.29 is 37.5 Å². The van der Waals surface area contributed by atoms with Gasteiger partial charge in [0.2, 0.25) is 0 Å². The molecule has 1 aliphatic heterocycles. The molecule has 1 atom stereocenters. The molecule has 0 fully saturated rings. The SMILES string of the molecule is CC(NC(=O)c1cc2c(c(C(F)(F)F)c1)COB2O)C(=O)O. The molecule has 0 aromatic heterocycles. The molecule has 6 nitrogen and oxygen atoms in total. The Hall–Kier alpha value is -2.07. The highest BCUT2D eigenvalue weighted by Gasteiger charge is 2.40. The average Bonchev–Trinajstić information content (AvgIpc) is 2.78. The summed E-state index contributed by atoms with van der Waals surface area (Å²) < 4.78 is 43.9. The number of hydrogen-bond acceptors (Lipinski definition) is 4. The quantitative estimate of drug-likeness (QED) is 0.689. The predicted molar refractivity (Wildman–Crippen MR) is 68.4 cm³/mol. The van der Waals surface area contributed by atoms with Gasteiger partial charge in [0.1, 0.15) is 6.04 Å². The van der Waals surface area contributed by atoms with E-state index in [9.17, 15) is 27.8 Å².